The molecule has 0 saturated heterocycles. The second-order valence-corrected chi connectivity index (χ2v) is 5.53. The van der Waals surface area contributed by atoms with Crippen molar-refractivity contribution in [3.05, 3.63) is 59.7 Å². The van der Waals surface area contributed by atoms with E-state index in [1.807, 2.05) is 31.2 Å². The summed E-state index contributed by atoms with van der Waals surface area (Å²) in [4.78, 5) is 12.3. The third-order valence-corrected chi connectivity index (χ3v) is 3.76. The molecular formula is C19H21N3O2. The summed E-state index contributed by atoms with van der Waals surface area (Å²) in [5.74, 6) is 0.624. The highest BCUT2D eigenvalue weighted by molar-refractivity contribution is 5.94. The number of hydrogen-bond acceptors (Lipinski definition) is 4. The van der Waals surface area contributed by atoms with Gasteiger partial charge < -0.3 is 10.1 Å². The van der Waals surface area contributed by atoms with E-state index >= 15 is 0 Å². The second-order valence-electron chi connectivity index (χ2n) is 5.53. The summed E-state index contributed by atoms with van der Waals surface area (Å²) in [6.07, 6.45) is 0. The fraction of sp³-hybridized carbons (Fsp3) is 0.263. The average molecular weight is 323 g/mol. The number of carbonyl (C=O) groups excluding carboxylic acids is 1. The van der Waals surface area contributed by atoms with Crippen LogP contribution < -0.4 is 15.4 Å². The van der Waals surface area contributed by atoms with Crippen LogP contribution in [0.3, 0.4) is 0 Å². The van der Waals surface area contributed by atoms with Crippen molar-refractivity contribution in [3.63, 3.8) is 0 Å². The van der Waals surface area contributed by atoms with Gasteiger partial charge in [-0.25, -0.2) is 0 Å². The normalized spacial score (nSPS) is 12.8. The smallest absolute Gasteiger partial charge is 0.241 e. The van der Waals surface area contributed by atoms with Gasteiger partial charge in [-0.05, 0) is 38.1 Å². The summed E-state index contributed by atoms with van der Waals surface area (Å²) in [7, 11) is 1.63. The number of carbonyl (C=O) groups is 1. The third kappa shape index (κ3) is 4.34. The van der Waals surface area contributed by atoms with Gasteiger partial charge in [0.1, 0.15) is 5.75 Å². The fourth-order valence-corrected chi connectivity index (χ4v) is 2.48. The predicted molar refractivity (Wildman–Crippen MR) is 93.8 cm³/mol. The number of amides is 1. The van der Waals surface area contributed by atoms with Gasteiger partial charge in [-0.3, -0.25) is 10.1 Å². The van der Waals surface area contributed by atoms with E-state index in [1.165, 1.54) is 0 Å². The van der Waals surface area contributed by atoms with Crippen LogP contribution in [0.1, 0.15) is 31.0 Å². The van der Waals surface area contributed by atoms with Crippen molar-refractivity contribution in [2.75, 3.05) is 12.4 Å². The van der Waals surface area contributed by atoms with E-state index in [0.29, 0.717) is 11.3 Å². The van der Waals surface area contributed by atoms with Crippen LogP contribution in [0.5, 0.6) is 5.75 Å². The molecule has 0 fully saturated rings. The first-order chi connectivity index (χ1) is 11.5. The average Bonchev–Trinajstić information content (AvgIpc) is 2.61. The first-order valence-corrected chi connectivity index (χ1v) is 7.75. The summed E-state index contributed by atoms with van der Waals surface area (Å²) in [5.41, 5.74) is 2.11. The third-order valence-electron chi connectivity index (χ3n) is 3.76. The quantitative estimate of drug-likeness (QED) is 0.856. The lowest BCUT2D eigenvalue weighted by Crippen LogP contribution is -2.39. The topological polar surface area (TPSA) is 74.2 Å². The lowest BCUT2D eigenvalue weighted by Gasteiger charge is -2.21. The lowest BCUT2D eigenvalue weighted by molar-refractivity contribution is -0.117. The Balaban J connectivity index is 2.01. The summed E-state index contributed by atoms with van der Waals surface area (Å²) in [6.45, 7) is 3.79. The maximum Gasteiger partial charge on any atom is 0.241 e. The number of nitrogens with zero attached hydrogens (tertiary/aromatic N) is 1. The number of ether oxygens (including phenoxy) is 1. The van der Waals surface area contributed by atoms with Crippen molar-refractivity contribution < 1.29 is 9.53 Å². The molecule has 0 saturated carbocycles. The SMILES string of the molecule is COc1ccccc1[C@@H](C)N[C@H](C)C(=O)Nc1cccc(C#N)c1. The maximum atomic E-state index is 12.3. The van der Waals surface area contributed by atoms with Crippen LogP contribution >= 0.6 is 0 Å². The molecule has 2 aromatic carbocycles. The molecule has 0 aliphatic carbocycles. The Kier molecular flexibility index (Phi) is 5.94. The first-order valence-electron chi connectivity index (χ1n) is 7.75. The highest BCUT2D eigenvalue weighted by Gasteiger charge is 2.18. The van der Waals surface area contributed by atoms with Crippen LogP contribution in [-0.4, -0.2) is 19.1 Å². The fourth-order valence-electron chi connectivity index (χ4n) is 2.48. The van der Waals surface area contributed by atoms with Gasteiger partial charge in [0.25, 0.3) is 0 Å². The standard InChI is InChI=1S/C19H21N3O2/c1-13(17-9-4-5-10-18(17)24-3)21-14(2)19(23)22-16-8-6-7-15(11-16)12-20/h4-11,13-14,21H,1-3H3,(H,22,23)/t13-,14-/m1/s1. The van der Waals surface area contributed by atoms with Crippen molar-refractivity contribution in [1.29, 1.82) is 5.26 Å². The molecule has 2 rings (SSSR count). The van der Waals surface area contributed by atoms with Crippen LogP contribution in [0.4, 0.5) is 5.69 Å². The Bertz CT molecular complexity index is 752. The number of methoxy groups -OCH3 is 1. The molecule has 0 spiro atoms. The summed E-state index contributed by atoms with van der Waals surface area (Å²) < 4.78 is 5.36. The van der Waals surface area contributed by atoms with Gasteiger partial charge in [-0.2, -0.15) is 5.26 Å². The van der Waals surface area contributed by atoms with Gasteiger partial charge >= 0.3 is 0 Å². The maximum absolute atomic E-state index is 12.3. The molecule has 2 atom stereocenters. The van der Waals surface area contributed by atoms with Gasteiger partial charge in [0.05, 0.1) is 24.8 Å². The van der Waals surface area contributed by atoms with Crippen LogP contribution in [0.15, 0.2) is 48.5 Å². The minimum Gasteiger partial charge on any atom is -0.496 e. The van der Waals surface area contributed by atoms with E-state index in [1.54, 1.807) is 38.3 Å². The molecule has 5 heteroatoms. The van der Waals surface area contributed by atoms with Gasteiger partial charge in [-0.15, -0.1) is 0 Å². The molecule has 2 N–H and O–H groups in total. The number of nitriles is 1. The Labute approximate surface area is 142 Å². The van der Waals surface area contributed by atoms with Gasteiger partial charge in [0, 0.05) is 17.3 Å². The molecule has 0 aliphatic heterocycles. The van der Waals surface area contributed by atoms with Gasteiger partial charge in [0.2, 0.25) is 5.91 Å². The molecule has 0 bridgehead atoms. The van der Waals surface area contributed by atoms with Crippen molar-refractivity contribution in [2.24, 2.45) is 0 Å². The number of anilines is 1. The molecule has 5 nitrogen and oxygen atoms in total. The zero-order valence-electron chi connectivity index (χ0n) is 14.0. The lowest BCUT2D eigenvalue weighted by atomic mass is 10.1. The highest BCUT2D eigenvalue weighted by atomic mass is 16.5. The van der Waals surface area contributed by atoms with E-state index < -0.39 is 6.04 Å². The van der Waals surface area contributed by atoms with Crippen molar-refractivity contribution in [2.45, 2.75) is 25.9 Å². The van der Waals surface area contributed by atoms with Gasteiger partial charge in [-0.1, -0.05) is 24.3 Å². The van der Waals surface area contributed by atoms with Crippen molar-refractivity contribution in [3.8, 4) is 11.8 Å². The number of benzene rings is 2. The Morgan fingerprint density at radius 3 is 2.62 bits per heavy atom. The van der Waals surface area contributed by atoms with Crippen LogP contribution in [-0.2, 0) is 4.79 Å². The van der Waals surface area contributed by atoms with Crippen molar-refractivity contribution >= 4 is 11.6 Å². The number of para-hydroxylation sites is 1. The van der Waals surface area contributed by atoms with Crippen molar-refractivity contribution in [1.82, 2.24) is 5.32 Å². The summed E-state index contributed by atoms with van der Waals surface area (Å²) in [5, 5.41) is 15.0. The largest absolute Gasteiger partial charge is 0.496 e. The minimum absolute atomic E-state index is 0.0488. The van der Waals surface area contributed by atoms with Crippen LogP contribution in [0.2, 0.25) is 0 Å². The predicted octanol–water partition coefficient (Wildman–Crippen LogP) is 3.24. The molecule has 0 aliphatic rings. The van der Waals surface area contributed by atoms with E-state index in [-0.39, 0.29) is 11.9 Å². The van der Waals surface area contributed by atoms with Crippen LogP contribution in [0.25, 0.3) is 0 Å². The number of rotatable bonds is 6. The minimum atomic E-state index is -0.407. The van der Waals surface area contributed by atoms with E-state index in [0.717, 1.165) is 11.3 Å². The summed E-state index contributed by atoms with van der Waals surface area (Å²) in [6, 6.07) is 16.2. The summed E-state index contributed by atoms with van der Waals surface area (Å²) >= 11 is 0. The zero-order chi connectivity index (χ0) is 17.5. The number of hydrogen-bond donors (Lipinski definition) is 2. The Hall–Kier alpha value is -2.84. The van der Waals surface area contributed by atoms with E-state index in [4.69, 9.17) is 10.00 Å². The number of nitrogens with one attached hydrogen (secondary N) is 2. The Morgan fingerprint density at radius 2 is 1.92 bits per heavy atom. The van der Waals surface area contributed by atoms with E-state index in [2.05, 4.69) is 16.7 Å². The zero-order valence-corrected chi connectivity index (χ0v) is 14.0. The molecular weight excluding hydrogens is 302 g/mol. The molecule has 0 radical (unpaired) electrons. The molecule has 2 aromatic rings. The highest BCUT2D eigenvalue weighted by Crippen LogP contribution is 2.24. The Morgan fingerprint density at radius 1 is 1.17 bits per heavy atom. The monoisotopic (exact) mass is 323 g/mol. The molecule has 24 heavy (non-hydrogen) atoms. The van der Waals surface area contributed by atoms with Gasteiger partial charge in [0.15, 0.2) is 0 Å². The molecule has 0 heterocycles. The second kappa shape index (κ2) is 8.14. The van der Waals surface area contributed by atoms with Crippen LogP contribution in [0, 0.1) is 11.3 Å². The first kappa shape index (κ1) is 17.5. The molecule has 1 amide bonds. The molecule has 0 aromatic heterocycles. The molecule has 124 valence electrons. The van der Waals surface area contributed by atoms with E-state index in [9.17, 15) is 4.79 Å². The molecule has 0 unspecified atom stereocenters.